The van der Waals surface area contributed by atoms with Gasteiger partial charge in [0.2, 0.25) is 0 Å². The first kappa shape index (κ1) is 15.8. The third-order valence-electron chi connectivity index (χ3n) is 4.85. The molecule has 5 heteroatoms. The number of rotatable bonds is 5. The number of aromatic amines is 1. The normalized spacial score (nSPS) is 14.3. The summed E-state index contributed by atoms with van der Waals surface area (Å²) in [5.74, 6) is 0. The van der Waals surface area contributed by atoms with Gasteiger partial charge in [0.15, 0.2) is 0 Å². The van der Waals surface area contributed by atoms with E-state index in [9.17, 15) is 0 Å². The van der Waals surface area contributed by atoms with Gasteiger partial charge in [0.05, 0.1) is 17.9 Å². The first-order chi connectivity index (χ1) is 12.3. The molecule has 1 aromatic carbocycles. The van der Waals surface area contributed by atoms with E-state index in [4.69, 9.17) is 0 Å². The molecular weight excluding hydrogens is 310 g/mol. The summed E-state index contributed by atoms with van der Waals surface area (Å²) in [6, 6.07) is 12.6. The Morgan fingerprint density at radius 2 is 2.20 bits per heavy atom. The minimum atomic E-state index is 0.737. The molecule has 0 atom stereocenters. The van der Waals surface area contributed by atoms with Gasteiger partial charge < -0.3 is 5.32 Å². The molecule has 1 aliphatic heterocycles. The average Bonchev–Trinajstić information content (AvgIpc) is 3.15. The van der Waals surface area contributed by atoms with E-state index < -0.39 is 0 Å². The second-order valence-corrected chi connectivity index (χ2v) is 6.44. The van der Waals surface area contributed by atoms with Crippen LogP contribution in [-0.4, -0.2) is 33.2 Å². The zero-order chi connectivity index (χ0) is 17.1. The molecule has 0 saturated carbocycles. The number of fused-ring (bicyclic) bond motifs is 1. The molecule has 25 heavy (non-hydrogen) atoms. The maximum Gasteiger partial charge on any atom is 0.0939 e. The van der Waals surface area contributed by atoms with Crippen LogP contribution in [0.2, 0.25) is 0 Å². The number of likely N-dealkylation sites (N-methyl/N-ethyl adjacent to an activating group) is 1. The summed E-state index contributed by atoms with van der Waals surface area (Å²) >= 11 is 0. The van der Waals surface area contributed by atoms with Crippen LogP contribution in [0.15, 0.2) is 48.8 Å². The van der Waals surface area contributed by atoms with E-state index in [-0.39, 0.29) is 0 Å². The highest BCUT2D eigenvalue weighted by Crippen LogP contribution is 2.26. The molecule has 0 amide bonds. The van der Waals surface area contributed by atoms with Crippen molar-refractivity contribution >= 4 is 5.69 Å². The summed E-state index contributed by atoms with van der Waals surface area (Å²) in [7, 11) is 0. The zero-order valence-electron chi connectivity index (χ0n) is 14.5. The summed E-state index contributed by atoms with van der Waals surface area (Å²) in [5, 5.41) is 11.1. The Labute approximate surface area is 148 Å². The highest BCUT2D eigenvalue weighted by molar-refractivity contribution is 5.59. The van der Waals surface area contributed by atoms with Crippen LogP contribution in [0.4, 0.5) is 5.69 Å². The van der Waals surface area contributed by atoms with Crippen LogP contribution in [0.5, 0.6) is 0 Å². The largest absolute Gasteiger partial charge is 0.379 e. The maximum atomic E-state index is 4.40. The lowest BCUT2D eigenvalue weighted by Gasteiger charge is -2.29. The van der Waals surface area contributed by atoms with E-state index in [1.807, 2.05) is 18.3 Å². The van der Waals surface area contributed by atoms with E-state index in [1.165, 1.54) is 16.8 Å². The average molecular weight is 333 g/mol. The Balaban J connectivity index is 1.47. The second kappa shape index (κ2) is 7.07. The van der Waals surface area contributed by atoms with Crippen LogP contribution < -0.4 is 5.32 Å². The predicted molar refractivity (Wildman–Crippen MR) is 100 cm³/mol. The lowest BCUT2D eigenvalue weighted by Crippen LogP contribution is -2.30. The summed E-state index contributed by atoms with van der Waals surface area (Å²) in [4.78, 5) is 6.64. The van der Waals surface area contributed by atoms with Gasteiger partial charge in [-0.3, -0.25) is 15.0 Å². The minimum Gasteiger partial charge on any atom is -0.379 e. The van der Waals surface area contributed by atoms with Gasteiger partial charge in [-0.25, -0.2) is 0 Å². The summed E-state index contributed by atoms with van der Waals surface area (Å²) in [6.07, 6.45) is 4.72. The van der Waals surface area contributed by atoms with Gasteiger partial charge in [0, 0.05) is 36.7 Å². The highest BCUT2D eigenvalue weighted by atomic mass is 15.1. The monoisotopic (exact) mass is 333 g/mol. The molecule has 0 aliphatic carbocycles. The molecule has 1 aliphatic rings. The number of benzene rings is 1. The molecule has 5 nitrogen and oxygen atoms in total. The number of H-pyrrole nitrogens is 1. The first-order valence-corrected chi connectivity index (χ1v) is 8.85. The number of aromatic nitrogens is 3. The minimum absolute atomic E-state index is 0.737. The lowest BCUT2D eigenvalue weighted by atomic mass is 9.97. The highest BCUT2D eigenvalue weighted by Gasteiger charge is 2.17. The van der Waals surface area contributed by atoms with Crippen molar-refractivity contribution in [3.05, 3.63) is 65.6 Å². The Morgan fingerprint density at radius 1 is 1.24 bits per heavy atom. The van der Waals surface area contributed by atoms with Crippen LogP contribution in [0.25, 0.3) is 11.3 Å². The number of nitrogens with zero attached hydrogens (tertiary/aromatic N) is 3. The van der Waals surface area contributed by atoms with Crippen LogP contribution in [0.1, 0.15) is 23.7 Å². The topological polar surface area (TPSA) is 56.8 Å². The quantitative estimate of drug-likeness (QED) is 0.751. The molecule has 0 radical (unpaired) electrons. The van der Waals surface area contributed by atoms with Crippen molar-refractivity contribution in [3.63, 3.8) is 0 Å². The smallest absolute Gasteiger partial charge is 0.0939 e. The number of nitrogens with one attached hydrogen (secondary N) is 2. The van der Waals surface area contributed by atoms with E-state index in [0.717, 1.165) is 49.6 Å². The molecule has 3 heterocycles. The van der Waals surface area contributed by atoms with Crippen molar-refractivity contribution in [2.45, 2.75) is 26.4 Å². The molecule has 0 saturated heterocycles. The molecule has 128 valence electrons. The standard InChI is InChI=1S/C20H23N5/c1-2-25-10-8-18-16(14-25)5-3-7-19(18)22-13-17-11-20(24-23-17)15-6-4-9-21-12-15/h3-7,9,11-12,22H,2,8,10,13-14H2,1H3,(H,23,24). The van der Waals surface area contributed by atoms with E-state index in [0.29, 0.717) is 0 Å². The van der Waals surface area contributed by atoms with Crippen molar-refractivity contribution in [2.24, 2.45) is 0 Å². The van der Waals surface area contributed by atoms with Gasteiger partial charge in [-0.15, -0.1) is 0 Å². The van der Waals surface area contributed by atoms with Crippen molar-refractivity contribution in [3.8, 4) is 11.3 Å². The molecule has 0 unspecified atom stereocenters. The molecule has 0 bridgehead atoms. The van der Waals surface area contributed by atoms with Gasteiger partial charge in [-0.05, 0) is 48.4 Å². The Kier molecular flexibility index (Phi) is 4.48. The van der Waals surface area contributed by atoms with Gasteiger partial charge >= 0.3 is 0 Å². The first-order valence-electron chi connectivity index (χ1n) is 8.85. The Hall–Kier alpha value is -2.66. The second-order valence-electron chi connectivity index (χ2n) is 6.44. The maximum absolute atomic E-state index is 4.40. The van der Waals surface area contributed by atoms with Gasteiger partial charge in [0.25, 0.3) is 0 Å². The number of hydrogen-bond acceptors (Lipinski definition) is 4. The third kappa shape index (κ3) is 3.42. The number of pyridine rings is 1. The van der Waals surface area contributed by atoms with Crippen LogP contribution >= 0.6 is 0 Å². The fourth-order valence-electron chi connectivity index (χ4n) is 3.41. The lowest BCUT2D eigenvalue weighted by molar-refractivity contribution is 0.268. The van der Waals surface area contributed by atoms with E-state index in [2.05, 4.69) is 56.6 Å². The molecular formula is C20H23N5. The van der Waals surface area contributed by atoms with E-state index >= 15 is 0 Å². The molecule has 3 aromatic rings. The third-order valence-corrected chi connectivity index (χ3v) is 4.85. The Bertz CT molecular complexity index is 840. The molecule has 0 spiro atoms. The van der Waals surface area contributed by atoms with Crippen molar-refractivity contribution in [1.29, 1.82) is 0 Å². The SMILES string of the molecule is CCN1CCc2c(cccc2NCc2cc(-c3cccnc3)n[nH]2)C1. The molecule has 2 aromatic heterocycles. The summed E-state index contributed by atoms with van der Waals surface area (Å²) in [5.41, 5.74) is 7.17. The molecule has 0 fully saturated rings. The zero-order valence-corrected chi connectivity index (χ0v) is 14.5. The summed E-state index contributed by atoms with van der Waals surface area (Å²) in [6.45, 7) is 6.27. The fraction of sp³-hybridized carbons (Fsp3) is 0.300. The van der Waals surface area contributed by atoms with Gasteiger partial charge in [-0.1, -0.05) is 19.1 Å². The molecule has 4 rings (SSSR count). The van der Waals surface area contributed by atoms with Gasteiger partial charge in [0.1, 0.15) is 0 Å². The van der Waals surface area contributed by atoms with E-state index in [1.54, 1.807) is 6.20 Å². The number of anilines is 1. The van der Waals surface area contributed by atoms with Crippen LogP contribution in [-0.2, 0) is 19.5 Å². The van der Waals surface area contributed by atoms with Crippen molar-refractivity contribution in [1.82, 2.24) is 20.1 Å². The van der Waals surface area contributed by atoms with Crippen molar-refractivity contribution in [2.75, 3.05) is 18.4 Å². The molecule has 2 N–H and O–H groups in total. The van der Waals surface area contributed by atoms with Crippen LogP contribution in [0.3, 0.4) is 0 Å². The Morgan fingerprint density at radius 3 is 3.04 bits per heavy atom. The number of hydrogen-bond donors (Lipinski definition) is 2. The van der Waals surface area contributed by atoms with Crippen molar-refractivity contribution < 1.29 is 0 Å². The fourth-order valence-corrected chi connectivity index (χ4v) is 3.41. The van der Waals surface area contributed by atoms with Gasteiger partial charge in [-0.2, -0.15) is 5.10 Å². The summed E-state index contributed by atoms with van der Waals surface area (Å²) < 4.78 is 0. The predicted octanol–water partition coefficient (Wildman–Crippen LogP) is 3.46. The van der Waals surface area contributed by atoms with Crippen LogP contribution in [0, 0.1) is 0 Å².